The maximum absolute atomic E-state index is 12.4. The van der Waals surface area contributed by atoms with Crippen molar-refractivity contribution >= 4 is 17.4 Å². The number of benzene rings is 1. The van der Waals surface area contributed by atoms with Gasteiger partial charge in [0.25, 0.3) is 5.91 Å². The van der Waals surface area contributed by atoms with Crippen molar-refractivity contribution in [2.75, 3.05) is 11.9 Å². The smallest absolute Gasteiger partial charge is 0.271 e. The second-order valence-corrected chi connectivity index (χ2v) is 6.50. The van der Waals surface area contributed by atoms with Gasteiger partial charge in [-0.05, 0) is 31.9 Å². The van der Waals surface area contributed by atoms with E-state index in [1.54, 1.807) is 6.20 Å². The summed E-state index contributed by atoms with van der Waals surface area (Å²) in [6, 6.07) is 7.91. The first-order chi connectivity index (χ1) is 12.8. The van der Waals surface area contributed by atoms with Crippen LogP contribution in [0.25, 0.3) is 0 Å². The molecule has 0 saturated heterocycles. The lowest BCUT2D eigenvalue weighted by molar-refractivity contribution is 0.0928. The lowest BCUT2D eigenvalue weighted by Crippen LogP contribution is -2.34. The lowest BCUT2D eigenvalue weighted by atomic mass is 10.1. The number of hydrogen-bond donors (Lipinski definition) is 2. The molecular formula is C20H26N4O2. The highest BCUT2D eigenvalue weighted by atomic mass is 16.5. The molecule has 0 atom stereocenters. The summed E-state index contributed by atoms with van der Waals surface area (Å²) in [6.07, 6.45) is 10.1. The number of ether oxygens (including phenoxy) is 1. The average molecular weight is 354 g/mol. The molecule has 2 N–H and O–H groups in total. The summed E-state index contributed by atoms with van der Waals surface area (Å²) in [6.45, 7) is 2.53. The zero-order valence-electron chi connectivity index (χ0n) is 15.2. The third kappa shape index (κ3) is 4.94. The van der Waals surface area contributed by atoms with Gasteiger partial charge in [-0.3, -0.25) is 4.79 Å². The fraction of sp³-hybridized carbons (Fsp3) is 0.450. The molecule has 1 fully saturated rings. The third-order valence-corrected chi connectivity index (χ3v) is 4.52. The van der Waals surface area contributed by atoms with Gasteiger partial charge in [0.05, 0.1) is 24.7 Å². The van der Waals surface area contributed by atoms with Crippen LogP contribution in [0.4, 0.5) is 11.5 Å². The van der Waals surface area contributed by atoms with Gasteiger partial charge in [0.15, 0.2) is 0 Å². The van der Waals surface area contributed by atoms with Crippen LogP contribution in [0.2, 0.25) is 0 Å². The van der Waals surface area contributed by atoms with Gasteiger partial charge in [0, 0.05) is 6.04 Å². The van der Waals surface area contributed by atoms with Crippen LogP contribution < -0.4 is 15.4 Å². The Morgan fingerprint density at radius 2 is 1.88 bits per heavy atom. The van der Waals surface area contributed by atoms with Crippen molar-refractivity contribution in [3.8, 4) is 5.75 Å². The standard InChI is InChI=1S/C20H26N4O2/c1-2-26-18-12-8-7-11-16(18)24-19-14-21-17(13-22-19)20(25)23-15-9-5-3-4-6-10-15/h7-8,11-15H,2-6,9-10H2,1H3,(H,22,24)(H,23,25). The van der Waals surface area contributed by atoms with Crippen molar-refractivity contribution < 1.29 is 9.53 Å². The Hall–Kier alpha value is -2.63. The minimum absolute atomic E-state index is 0.148. The summed E-state index contributed by atoms with van der Waals surface area (Å²) >= 11 is 0. The largest absolute Gasteiger partial charge is 0.492 e. The molecule has 1 aliphatic carbocycles. The summed E-state index contributed by atoms with van der Waals surface area (Å²) in [5.41, 5.74) is 1.16. The molecule has 138 valence electrons. The van der Waals surface area contributed by atoms with E-state index in [0.29, 0.717) is 18.1 Å². The van der Waals surface area contributed by atoms with Crippen molar-refractivity contribution in [2.45, 2.75) is 51.5 Å². The molecule has 1 aromatic heterocycles. The lowest BCUT2D eigenvalue weighted by Gasteiger charge is -2.16. The van der Waals surface area contributed by atoms with Crippen molar-refractivity contribution in [3.05, 3.63) is 42.4 Å². The third-order valence-electron chi connectivity index (χ3n) is 4.52. The molecule has 0 aliphatic heterocycles. The normalized spacial score (nSPS) is 15.1. The Kier molecular flexibility index (Phi) is 6.41. The molecule has 1 aromatic carbocycles. The molecule has 0 spiro atoms. The van der Waals surface area contributed by atoms with E-state index < -0.39 is 0 Å². The Morgan fingerprint density at radius 1 is 1.12 bits per heavy atom. The Morgan fingerprint density at radius 3 is 2.58 bits per heavy atom. The molecule has 1 saturated carbocycles. The Bertz CT molecular complexity index is 710. The molecule has 1 amide bonds. The molecule has 0 radical (unpaired) electrons. The van der Waals surface area contributed by atoms with Gasteiger partial charge < -0.3 is 15.4 Å². The predicted octanol–water partition coefficient (Wildman–Crippen LogP) is 4.07. The number of aromatic nitrogens is 2. The fourth-order valence-electron chi connectivity index (χ4n) is 3.18. The van der Waals surface area contributed by atoms with E-state index >= 15 is 0 Å². The number of hydrogen-bond acceptors (Lipinski definition) is 5. The van der Waals surface area contributed by atoms with E-state index in [1.165, 1.54) is 31.9 Å². The van der Waals surface area contributed by atoms with Crippen LogP contribution in [0.15, 0.2) is 36.7 Å². The molecule has 0 bridgehead atoms. The average Bonchev–Trinajstić information content (AvgIpc) is 2.93. The van der Waals surface area contributed by atoms with E-state index in [9.17, 15) is 4.79 Å². The number of anilines is 2. The summed E-state index contributed by atoms with van der Waals surface area (Å²) in [4.78, 5) is 21.0. The predicted molar refractivity (Wildman–Crippen MR) is 102 cm³/mol. The maximum atomic E-state index is 12.4. The van der Waals surface area contributed by atoms with Gasteiger partial charge in [-0.25, -0.2) is 9.97 Å². The molecule has 3 rings (SSSR count). The van der Waals surface area contributed by atoms with Crippen molar-refractivity contribution in [1.29, 1.82) is 0 Å². The molecule has 1 heterocycles. The highest BCUT2D eigenvalue weighted by Gasteiger charge is 2.17. The summed E-state index contributed by atoms with van der Waals surface area (Å²) in [5, 5.41) is 6.27. The Balaban J connectivity index is 1.62. The summed E-state index contributed by atoms with van der Waals surface area (Å²) in [7, 11) is 0. The van der Waals surface area contributed by atoms with Gasteiger partial charge in [0.2, 0.25) is 0 Å². The molecule has 0 unspecified atom stereocenters. The van der Waals surface area contributed by atoms with E-state index in [4.69, 9.17) is 4.74 Å². The second-order valence-electron chi connectivity index (χ2n) is 6.50. The first kappa shape index (κ1) is 18.2. The highest BCUT2D eigenvalue weighted by molar-refractivity contribution is 5.92. The molecule has 6 heteroatoms. The number of nitrogens with zero attached hydrogens (tertiary/aromatic N) is 2. The minimum Gasteiger partial charge on any atom is -0.492 e. The number of amides is 1. The van der Waals surface area contributed by atoms with Crippen LogP contribution >= 0.6 is 0 Å². The molecule has 6 nitrogen and oxygen atoms in total. The number of rotatable bonds is 6. The number of nitrogens with one attached hydrogen (secondary N) is 2. The van der Waals surface area contributed by atoms with Crippen molar-refractivity contribution in [3.63, 3.8) is 0 Å². The van der Waals surface area contributed by atoms with Crippen molar-refractivity contribution in [2.24, 2.45) is 0 Å². The van der Waals surface area contributed by atoms with Gasteiger partial charge in [-0.15, -0.1) is 0 Å². The SMILES string of the molecule is CCOc1ccccc1Nc1cnc(C(=O)NC2CCCCCC2)cn1. The molecule has 2 aromatic rings. The second kappa shape index (κ2) is 9.17. The topological polar surface area (TPSA) is 76.1 Å². The Labute approximate surface area is 154 Å². The van der Waals surface area contributed by atoms with Crippen LogP contribution in [0.5, 0.6) is 5.75 Å². The molecule has 26 heavy (non-hydrogen) atoms. The number of para-hydroxylation sites is 2. The van der Waals surface area contributed by atoms with Gasteiger partial charge in [0.1, 0.15) is 17.3 Å². The van der Waals surface area contributed by atoms with E-state index in [-0.39, 0.29) is 11.9 Å². The van der Waals surface area contributed by atoms with E-state index in [0.717, 1.165) is 24.3 Å². The first-order valence-electron chi connectivity index (χ1n) is 9.38. The van der Waals surface area contributed by atoms with Crippen molar-refractivity contribution in [1.82, 2.24) is 15.3 Å². The van der Waals surface area contributed by atoms with Crippen LogP contribution in [0, 0.1) is 0 Å². The van der Waals surface area contributed by atoms with Crippen LogP contribution in [-0.2, 0) is 0 Å². The number of carbonyl (C=O) groups is 1. The van der Waals surface area contributed by atoms with E-state index in [2.05, 4.69) is 20.6 Å². The van der Waals surface area contributed by atoms with E-state index in [1.807, 2.05) is 31.2 Å². The number of carbonyl (C=O) groups excluding carboxylic acids is 1. The van der Waals surface area contributed by atoms with Crippen LogP contribution in [0.1, 0.15) is 55.9 Å². The molecule has 1 aliphatic rings. The monoisotopic (exact) mass is 354 g/mol. The fourth-order valence-corrected chi connectivity index (χ4v) is 3.18. The van der Waals surface area contributed by atoms with Crippen LogP contribution in [-0.4, -0.2) is 28.5 Å². The summed E-state index contributed by atoms with van der Waals surface area (Å²) in [5.74, 6) is 1.18. The zero-order valence-corrected chi connectivity index (χ0v) is 15.2. The summed E-state index contributed by atoms with van der Waals surface area (Å²) < 4.78 is 5.59. The first-order valence-corrected chi connectivity index (χ1v) is 9.38. The molecular weight excluding hydrogens is 328 g/mol. The minimum atomic E-state index is -0.148. The highest BCUT2D eigenvalue weighted by Crippen LogP contribution is 2.26. The maximum Gasteiger partial charge on any atom is 0.271 e. The quantitative estimate of drug-likeness (QED) is 0.765. The van der Waals surface area contributed by atoms with Gasteiger partial charge >= 0.3 is 0 Å². The van der Waals surface area contributed by atoms with Gasteiger partial charge in [-0.1, -0.05) is 37.8 Å². The van der Waals surface area contributed by atoms with Gasteiger partial charge in [-0.2, -0.15) is 0 Å². The van der Waals surface area contributed by atoms with Crippen LogP contribution in [0.3, 0.4) is 0 Å². The zero-order chi connectivity index (χ0) is 18.2.